The molecule has 0 aliphatic carbocycles. The number of nitrogens with two attached hydrogens (primary N) is 1. The Morgan fingerprint density at radius 2 is 1.17 bits per heavy atom. The van der Waals surface area contributed by atoms with Gasteiger partial charge in [-0.15, -0.1) is 0 Å². The molecule has 6 aliphatic heterocycles. The van der Waals surface area contributed by atoms with E-state index >= 15 is 0 Å². The molecule has 18 atom stereocenters. The summed E-state index contributed by atoms with van der Waals surface area (Å²) >= 11 is 21.1. The number of anilines is 1. The zero-order valence-corrected chi connectivity index (χ0v) is 57.3. The second-order valence-corrected chi connectivity index (χ2v) is 34.4. The second kappa shape index (κ2) is 27.3. The minimum atomic E-state index is -4.04. The Labute approximate surface area is 555 Å². The number of thiol groups is 1. The Hall–Kier alpha value is -5.09. The summed E-state index contributed by atoms with van der Waals surface area (Å²) in [5, 5.41) is 1.58. The van der Waals surface area contributed by atoms with E-state index in [1.54, 1.807) is 57.1 Å². The van der Waals surface area contributed by atoms with E-state index in [9.17, 15) is 23.9 Å². The summed E-state index contributed by atoms with van der Waals surface area (Å²) in [4.78, 5) is 74.8. The zero-order chi connectivity index (χ0) is 66.0. The predicted octanol–water partition coefficient (Wildman–Crippen LogP) is 6.80. The van der Waals surface area contributed by atoms with Gasteiger partial charge in [-0.3, -0.25) is 36.6 Å². The minimum absolute atomic E-state index is 0.0104. The van der Waals surface area contributed by atoms with Gasteiger partial charge in [-0.25, -0.2) is 36.1 Å². The fraction of sp³-hybridized carbons (Fsp3) is 0.481. The van der Waals surface area contributed by atoms with Crippen LogP contribution in [0, 0.1) is 18.4 Å². The van der Waals surface area contributed by atoms with Gasteiger partial charge in [0.15, 0.2) is 12.5 Å². The van der Waals surface area contributed by atoms with Gasteiger partial charge in [-0.05, 0) is 59.7 Å². The van der Waals surface area contributed by atoms with Crippen molar-refractivity contribution in [1.82, 2.24) is 51.9 Å². The second-order valence-electron chi connectivity index (χ2n) is 22.9. The number of hydrogen-bond acceptors (Lipinski definition) is 25. The molecule has 8 aromatic rings. The molecule has 6 fully saturated rings. The quantitative estimate of drug-likeness (QED) is 0.0288. The number of rotatable bonds is 9. The average molecular weight is 1450 g/mol. The summed E-state index contributed by atoms with van der Waals surface area (Å²) in [6, 6.07) is 10.0. The van der Waals surface area contributed by atoms with Crippen LogP contribution in [-0.4, -0.2) is 171 Å². The molecule has 4 bridgehead atoms. The average Bonchev–Trinajstić information content (AvgIpc) is 1.63. The van der Waals surface area contributed by atoms with Crippen molar-refractivity contribution in [2.75, 3.05) is 59.4 Å². The van der Waals surface area contributed by atoms with E-state index in [1.165, 1.54) is 45.7 Å². The standard InChI is InChI=1S/C30H36N8O9P2S2.C24H28N6O9P2S2/c1-19-23-16-43-49(51,41-14-10-31-2)46-22-15-26(37-11-6-20-21(34-18-35(3)4)5-8-32-28(20)37)44-24(22)17-42-48(40,50)47-27(19)29(45-23)38-12-7-25(39)36-13-9-33-30(36)38;1-13-17-11-34-40(32,42)38-16-10-20(29-7-3-14-15(25)2-5-26-22(14)29)36-18(16)12-35-41(33,43)39-21(13)23(37-17)30-8-4-19(31)28-9-6-27-24(28)30/h5-9,11-13,18-19,22-24,26-27,29H,10,14-17H2,1,3-4H3,(H,40,50);2-9,13,16-18,20-21,23H,10-12H2,1H3,(H2,25,26)(H,32,42)(H,33,43)/t19-,22+,23-,24-,26-,27-,29-,48?,49?;13-,16+,17-,18-,20-,21-,23-,40?,41?/m11/s1. The van der Waals surface area contributed by atoms with Crippen LogP contribution in [-0.2, 0) is 99.6 Å². The molecule has 8 aromatic heterocycles. The lowest BCUT2D eigenvalue weighted by atomic mass is 10.0. The third-order valence-electron chi connectivity index (χ3n) is 16.6. The van der Waals surface area contributed by atoms with Crippen molar-refractivity contribution >= 4 is 126 Å². The molecule has 0 saturated carbocycles. The van der Waals surface area contributed by atoms with Gasteiger partial charge < -0.3 is 85.0 Å². The molecule has 502 valence electrons. The number of pyridine rings is 2. The molecule has 6 aliphatic rings. The van der Waals surface area contributed by atoms with E-state index in [1.807, 2.05) is 61.8 Å². The van der Waals surface area contributed by atoms with Gasteiger partial charge in [0.1, 0.15) is 54.8 Å². The van der Waals surface area contributed by atoms with Gasteiger partial charge in [0, 0.05) is 129 Å². The maximum Gasteiger partial charge on any atom is 0.386 e. The predicted molar refractivity (Wildman–Crippen MR) is 352 cm³/mol. The van der Waals surface area contributed by atoms with Gasteiger partial charge in [0.25, 0.3) is 11.1 Å². The number of ether oxygens (including phenoxy) is 4. The maximum atomic E-state index is 13.6. The number of nitrogens with zero attached hydrogens (tertiary/aromatic N) is 13. The van der Waals surface area contributed by atoms with E-state index in [-0.39, 0.29) is 62.9 Å². The molecule has 0 spiro atoms. The first-order valence-corrected chi connectivity index (χ1v) is 39.8. The fourth-order valence-electron chi connectivity index (χ4n) is 12.0. The number of nitrogen functional groups attached to an aromatic ring is 1. The highest BCUT2D eigenvalue weighted by molar-refractivity contribution is 8.44. The van der Waals surface area contributed by atoms with Crippen LogP contribution in [0.15, 0.2) is 113 Å². The molecular weight excluding hydrogens is 1380 g/mol. The van der Waals surface area contributed by atoms with Crippen molar-refractivity contribution in [1.29, 1.82) is 0 Å². The van der Waals surface area contributed by atoms with Crippen molar-refractivity contribution < 1.29 is 74.0 Å². The van der Waals surface area contributed by atoms with Gasteiger partial charge in [0.05, 0.1) is 62.9 Å². The monoisotopic (exact) mass is 1450 g/mol. The van der Waals surface area contributed by atoms with E-state index in [2.05, 4.69) is 42.0 Å². The normalized spacial score (nSPS) is 35.0. The van der Waals surface area contributed by atoms with Crippen molar-refractivity contribution in [3.8, 4) is 0 Å². The highest BCUT2D eigenvalue weighted by atomic mass is 32.7. The van der Waals surface area contributed by atoms with Crippen LogP contribution in [0.3, 0.4) is 0 Å². The van der Waals surface area contributed by atoms with Crippen LogP contribution in [0.2, 0.25) is 0 Å². The van der Waals surface area contributed by atoms with Crippen LogP contribution >= 0.6 is 39.2 Å². The Kier molecular flexibility index (Phi) is 19.6. The molecule has 32 nitrogen and oxygen atoms in total. The largest absolute Gasteiger partial charge is 0.398 e. The number of aliphatic imine (C=N–C) groups is 1. The molecule has 0 amide bonds. The van der Waals surface area contributed by atoms with Gasteiger partial charge in [-0.1, -0.05) is 26.1 Å². The lowest BCUT2D eigenvalue weighted by molar-refractivity contribution is -0.0609. The third kappa shape index (κ3) is 14.0. The summed E-state index contributed by atoms with van der Waals surface area (Å²) in [6.07, 6.45) is 9.14. The maximum absolute atomic E-state index is 13.6. The highest BCUT2D eigenvalue weighted by Crippen LogP contribution is 2.60. The molecule has 14 heterocycles. The first-order valence-electron chi connectivity index (χ1n) is 29.4. The molecule has 6 saturated heterocycles. The molecule has 0 aromatic carbocycles. The van der Waals surface area contributed by atoms with Crippen LogP contribution in [0.5, 0.6) is 0 Å². The first kappa shape index (κ1) is 67.5. The van der Waals surface area contributed by atoms with Gasteiger partial charge in [-0.2, -0.15) is 0 Å². The van der Waals surface area contributed by atoms with E-state index < -0.39 is 113 Å². The Balaban J connectivity index is 0.000000173. The Morgan fingerprint density at radius 1 is 0.660 bits per heavy atom. The van der Waals surface area contributed by atoms with E-state index in [4.69, 9.17) is 107 Å². The van der Waals surface area contributed by atoms with E-state index in [0.717, 1.165) is 16.5 Å². The highest BCUT2D eigenvalue weighted by Gasteiger charge is 2.52. The smallest absolute Gasteiger partial charge is 0.386 e. The van der Waals surface area contributed by atoms with Gasteiger partial charge >= 0.3 is 27.0 Å². The molecule has 40 heteroatoms. The van der Waals surface area contributed by atoms with Crippen molar-refractivity contribution in [3.05, 3.63) is 130 Å². The number of hydrogen-bond donors (Lipinski definition) is 4. The molecule has 14 rings (SSSR count). The minimum Gasteiger partial charge on any atom is -0.398 e. The SMILES string of the molecule is C[C@H]1[C@H]2OP(=O)(S)OC[C@H]3O[C@@H](n4ccc5c(N)ccnc54)C[C@@H]3OP(O)(=S)OC[C@H]1O[C@H]2n1ccc(=O)n2ccnc12.[C-]#[N+]CCOP1(=S)OC[C@H]2O[C@@H](n3ccc(=O)n4ccnc34)[C@H](OP(O)(=S)OC[C@H]3O[C@@H](n4ccc5c(N=CN(C)C)ccnc54)C[C@@H]3O1)[C@@H]2C. The van der Waals surface area contributed by atoms with Crippen molar-refractivity contribution in [2.45, 2.75) is 100 Å². The molecule has 4 unspecified atom stereocenters. The third-order valence-corrected chi connectivity index (χ3v) is 23.8. The summed E-state index contributed by atoms with van der Waals surface area (Å²) in [5.74, 6) is -0.276. The van der Waals surface area contributed by atoms with Crippen molar-refractivity contribution in [2.24, 2.45) is 16.8 Å². The molecular formula is C54H64N14O18P4S4. The molecule has 4 N–H and O–H groups in total. The Morgan fingerprint density at radius 3 is 1.77 bits per heavy atom. The zero-order valence-electron chi connectivity index (χ0n) is 50.3. The number of fused-ring (bicyclic) bond motifs is 10. The van der Waals surface area contributed by atoms with Crippen LogP contribution in [0.25, 0.3) is 38.5 Å². The molecule has 94 heavy (non-hydrogen) atoms. The molecule has 0 radical (unpaired) electrons. The Bertz CT molecular complexity index is 4550. The number of aromatic nitrogens is 10. The fourth-order valence-corrected chi connectivity index (χ4v) is 18.6. The van der Waals surface area contributed by atoms with Crippen LogP contribution in [0.1, 0.15) is 51.6 Å². The lowest BCUT2D eigenvalue weighted by Gasteiger charge is -2.29. The lowest BCUT2D eigenvalue weighted by Crippen LogP contribution is -2.30. The van der Waals surface area contributed by atoms with Crippen LogP contribution < -0.4 is 16.9 Å². The van der Waals surface area contributed by atoms with Crippen molar-refractivity contribution in [3.63, 3.8) is 0 Å². The first-order chi connectivity index (χ1) is 44.9. The van der Waals surface area contributed by atoms with E-state index in [0.29, 0.717) is 29.2 Å². The summed E-state index contributed by atoms with van der Waals surface area (Å²) in [5.41, 5.74) is 8.09. The van der Waals surface area contributed by atoms with Gasteiger partial charge in [0.2, 0.25) is 18.1 Å². The topological polar surface area (TPSA) is 338 Å². The summed E-state index contributed by atoms with van der Waals surface area (Å²) in [7, 11) is 3.78. The number of imidazole rings is 2. The summed E-state index contributed by atoms with van der Waals surface area (Å²) in [6.45, 7) is -5.07. The summed E-state index contributed by atoms with van der Waals surface area (Å²) < 4.78 is 103. The van der Waals surface area contributed by atoms with Crippen LogP contribution in [0.4, 0.5) is 11.4 Å².